The summed E-state index contributed by atoms with van der Waals surface area (Å²) < 4.78 is 6.77. The number of carbonyl (C=O) groups is 1. The van der Waals surface area contributed by atoms with Gasteiger partial charge >= 0.3 is 5.97 Å². The number of halogens is 2. The van der Waals surface area contributed by atoms with E-state index in [0.29, 0.717) is 6.42 Å². The quantitative estimate of drug-likeness (QED) is 0.592. The van der Waals surface area contributed by atoms with E-state index in [9.17, 15) is 4.79 Å². The fourth-order valence-corrected chi connectivity index (χ4v) is 2.51. The van der Waals surface area contributed by atoms with E-state index in [4.69, 9.17) is 0 Å². The molecule has 0 aliphatic heterocycles. The molecule has 0 atom stereocenters. The number of hydrogen-bond acceptors (Lipinski definition) is 2. The van der Waals surface area contributed by atoms with Crippen molar-refractivity contribution in [3.63, 3.8) is 0 Å². The van der Waals surface area contributed by atoms with Crippen molar-refractivity contribution in [2.75, 3.05) is 7.11 Å². The number of ether oxygens (including phenoxy) is 1. The van der Waals surface area contributed by atoms with Crippen molar-refractivity contribution in [3.8, 4) is 0 Å². The monoisotopic (exact) mass is 368 g/mol. The molecule has 1 rings (SSSR count). The van der Waals surface area contributed by atoms with Crippen LogP contribution in [0.15, 0.2) is 16.6 Å². The second kappa shape index (κ2) is 5.11. The van der Waals surface area contributed by atoms with E-state index in [0.717, 1.165) is 19.2 Å². The van der Waals surface area contributed by atoms with Gasteiger partial charge in [0.25, 0.3) is 0 Å². The second-order valence-electron chi connectivity index (χ2n) is 2.95. The van der Waals surface area contributed by atoms with Crippen molar-refractivity contribution >= 4 is 44.5 Å². The van der Waals surface area contributed by atoms with E-state index in [1.807, 2.05) is 19.1 Å². The highest BCUT2D eigenvalue weighted by Crippen LogP contribution is 2.23. The maximum absolute atomic E-state index is 11.1. The first-order valence-electron chi connectivity index (χ1n) is 4.06. The molecule has 0 fully saturated rings. The van der Waals surface area contributed by atoms with Gasteiger partial charge in [0.1, 0.15) is 0 Å². The molecule has 0 N–H and O–H groups in total. The molecule has 1 aromatic rings. The molecule has 76 valence electrons. The molecular weight excluding hydrogens is 359 g/mol. The summed E-state index contributed by atoms with van der Waals surface area (Å²) in [4.78, 5) is 11.1. The van der Waals surface area contributed by atoms with Crippen LogP contribution in [0.2, 0.25) is 0 Å². The lowest BCUT2D eigenvalue weighted by atomic mass is 10.1. The summed E-state index contributed by atoms with van der Waals surface area (Å²) in [6, 6.07) is 4.01. The first-order valence-corrected chi connectivity index (χ1v) is 5.93. The SMILES string of the molecule is COC(=O)Cc1cc(C)c(Br)cc1I. The van der Waals surface area contributed by atoms with Gasteiger partial charge in [-0.15, -0.1) is 0 Å². The first kappa shape index (κ1) is 12.0. The third-order valence-corrected chi connectivity index (χ3v) is 3.75. The Labute approximate surface area is 105 Å². The number of benzene rings is 1. The van der Waals surface area contributed by atoms with Gasteiger partial charge in [-0.1, -0.05) is 22.0 Å². The zero-order valence-corrected chi connectivity index (χ0v) is 11.7. The van der Waals surface area contributed by atoms with Gasteiger partial charge in [-0.2, -0.15) is 0 Å². The molecule has 0 aliphatic rings. The van der Waals surface area contributed by atoms with Crippen molar-refractivity contribution in [1.29, 1.82) is 0 Å². The van der Waals surface area contributed by atoms with E-state index in [1.165, 1.54) is 7.11 Å². The summed E-state index contributed by atoms with van der Waals surface area (Å²) in [6.07, 6.45) is 0.336. The van der Waals surface area contributed by atoms with Crippen LogP contribution in [0.1, 0.15) is 11.1 Å². The maximum Gasteiger partial charge on any atom is 0.310 e. The van der Waals surface area contributed by atoms with Crippen molar-refractivity contribution < 1.29 is 9.53 Å². The van der Waals surface area contributed by atoms with Gasteiger partial charge < -0.3 is 4.74 Å². The van der Waals surface area contributed by atoms with Gasteiger partial charge in [0, 0.05) is 8.04 Å². The largest absolute Gasteiger partial charge is 0.469 e. The molecule has 0 spiro atoms. The van der Waals surface area contributed by atoms with Crippen LogP contribution in [0.4, 0.5) is 0 Å². The van der Waals surface area contributed by atoms with Crippen molar-refractivity contribution in [2.45, 2.75) is 13.3 Å². The zero-order chi connectivity index (χ0) is 10.7. The van der Waals surface area contributed by atoms with Crippen molar-refractivity contribution in [3.05, 3.63) is 31.3 Å². The summed E-state index contributed by atoms with van der Waals surface area (Å²) >= 11 is 5.66. The normalized spacial score (nSPS) is 10.0. The third kappa shape index (κ3) is 2.95. The fourth-order valence-electron chi connectivity index (χ4n) is 1.08. The van der Waals surface area contributed by atoms with Gasteiger partial charge in [-0.05, 0) is 46.7 Å². The van der Waals surface area contributed by atoms with Crippen LogP contribution >= 0.6 is 38.5 Å². The Bertz CT molecular complexity index is 363. The minimum absolute atomic E-state index is 0.204. The summed E-state index contributed by atoms with van der Waals surface area (Å²) in [5.41, 5.74) is 2.14. The minimum atomic E-state index is -0.204. The van der Waals surface area contributed by atoms with Crippen LogP contribution in [0.25, 0.3) is 0 Å². The molecular formula is C10H10BrIO2. The molecule has 4 heteroatoms. The lowest BCUT2D eigenvalue weighted by Crippen LogP contribution is -2.06. The highest BCUT2D eigenvalue weighted by atomic mass is 127. The van der Waals surface area contributed by atoms with E-state index >= 15 is 0 Å². The van der Waals surface area contributed by atoms with E-state index < -0.39 is 0 Å². The third-order valence-electron chi connectivity index (χ3n) is 1.89. The minimum Gasteiger partial charge on any atom is -0.469 e. The standard InChI is InChI=1S/C10H10BrIO2/c1-6-3-7(4-10(13)14-2)9(12)5-8(6)11/h3,5H,4H2,1-2H3. The predicted octanol–water partition coefficient (Wildman–Crippen LogP) is 3.08. The van der Waals surface area contributed by atoms with Gasteiger partial charge in [0.05, 0.1) is 13.5 Å². The van der Waals surface area contributed by atoms with E-state index in [-0.39, 0.29) is 5.97 Å². The molecule has 0 saturated carbocycles. The molecule has 0 saturated heterocycles. The predicted molar refractivity (Wildman–Crippen MR) is 67.3 cm³/mol. The average Bonchev–Trinajstić information content (AvgIpc) is 2.14. The van der Waals surface area contributed by atoms with Crippen molar-refractivity contribution in [1.82, 2.24) is 0 Å². The zero-order valence-electron chi connectivity index (χ0n) is 7.93. The van der Waals surface area contributed by atoms with Crippen LogP contribution < -0.4 is 0 Å². The molecule has 1 aromatic carbocycles. The van der Waals surface area contributed by atoms with Crippen LogP contribution in [0.3, 0.4) is 0 Å². The average molecular weight is 369 g/mol. The first-order chi connectivity index (χ1) is 6.54. The molecule has 2 nitrogen and oxygen atoms in total. The molecule has 0 heterocycles. The Morgan fingerprint density at radius 1 is 1.57 bits per heavy atom. The molecule has 0 unspecified atom stereocenters. The van der Waals surface area contributed by atoms with E-state index in [1.54, 1.807) is 0 Å². The molecule has 0 amide bonds. The molecule has 14 heavy (non-hydrogen) atoms. The van der Waals surface area contributed by atoms with Gasteiger partial charge in [-0.3, -0.25) is 4.79 Å². The fraction of sp³-hybridized carbons (Fsp3) is 0.300. The van der Waals surface area contributed by atoms with Gasteiger partial charge in [0.2, 0.25) is 0 Å². The summed E-state index contributed by atoms with van der Waals surface area (Å²) in [5, 5.41) is 0. The lowest BCUT2D eigenvalue weighted by Gasteiger charge is -2.06. The Morgan fingerprint density at radius 2 is 2.21 bits per heavy atom. The highest BCUT2D eigenvalue weighted by molar-refractivity contribution is 14.1. The topological polar surface area (TPSA) is 26.3 Å². The lowest BCUT2D eigenvalue weighted by molar-refractivity contribution is -0.139. The van der Waals surface area contributed by atoms with Crippen LogP contribution in [0, 0.1) is 10.5 Å². The number of carbonyl (C=O) groups excluding carboxylic acids is 1. The van der Waals surface area contributed by atoms with Gasteiger partial charge in [-0.25, -0.2) is 0 Å². The second-order valence-corrected chi connectivity index (χ2v) is 4.96. The molecule has 0 aliphatic carbocycles. The Balaban J connectivity index is 2.98. The Hall–Kier alpha value is -0.100. The maximum atomic E-state index is 11.1. The van der Waals surface area contributed by atoms with Crippen LogP contribution in [-0.4, -0.2) is 13.1 Å². The smallest absolute Gasteiger partial charge is 0.310 e. The number of hydrogen-bond donors (Lipinski definition) is 0. The van der Waals surface area contributed by atoms with Crippen LogP contribution in [0.5, 0.6) is 0 Å². The van der Waals surface area contributed by atoms with Gasteiger partial charge in [0.15, 0.2) is 0 Å². The Morgan fingerprint density at radius 3 is 2.79 bits per heavy atom. The number of aryl methyl sites for hydroxylation is 1. The summed E-state index contributed by atoms with van der Waals surface area (Å²) in [7, 11) is 1.40. The van der Waals surface area contributed by atoms with Crippen molar-refractivity contribution in [2.24, 2.45) is 0 Å². The molecule has 0 aromatic heterocycles. The number of rotatable bonds is 2. The van der Waals surface area contributed by atoms with E-state index in [2.05, 4.69) is 43.3 Å². The number of methoxy groups -OCH3 is 1. The number of esters is 1. The molecule has 0 radical (unpaired) electrons. The van der Waals surface area contributed by atoms with Crippen LogP contribution in [-0.2, 0) is 16.0 Å². The summed E-state index contributed by atoms with van der Waals surface area (Å²) in [5.74, 6) is -0.204. The Kier molecular flexibility index (Phi) is 4.37. The highest BCUT2D eigenvalue weighted by Gasteiger charge is 2.08. The molecule has 0 bridgehead atoms. The summed E-state index contributed by atoms with van der Waals surface area (Å²) in [6.45, 7) is 2.00.